The van der Waals surface area contributed by atoms with Crippen LogP contribution in [0.25, 0.3) is 0 Å². The van der Waals surface area contributed by atoms with Crippen LogP contribution in [0.2, 0.25) is 0 Å². The molecule has 2 aromatic heterocycles. The molecule has 0 bridgehead atoms. The van der Waals surface area contributed by atoms with Gasteiger partial charge in [-0.05, 0) is 12.1 Å². The molecule has 7 nitrogen and oxygen atoms in total. The molecule has 0 aliphatic carbocycles. The second kappa shape index (κ2) is 4.66. The number of pyridine rings is 2. The molecule has 0 atom stereocenters. The highest BCUT2D eigenvalue weighted by atomic mass is 16.6. The van der Waals surface area contributed by atoms with Gasteiger partial charge in [0.1, 0.15) is 5.82 Å². The average molecular weight is 246 g/mol. The number of anilines is 1. The second-order valence-corrected chi connectivity index (χ2v) is 3.63. The van der Waals surface area contributed by atoms with Crippen LogP contribution in [0.4, 0.5) is 11.5 Å². The van der Waals surface area contributed by atoms with E-state index in [2.05, 4.69) is 4.98 Å². The SMILES string of the molecule is Nc1ncccc1Cn1cccc([N+](=O)[O-])c1=O. The van der Waals surface area contributed by atoms with E-state index in [0.29, 0.717) is 11.4 Å². The zero-order chi connectivity index (χ0) is 13.1. The molecule has 2 heterocycles. The monoisotopic (exact) mass is 246 g/mol. The molecule has 2 rings (SSSR count). The molecule has 0 aromatic carbocycles. The number of nitro groups is 1. The van der Waals surface area contributed by atoms with Gasteiger partial charge in [-0.25, -0.2) is 4.98 Å². The summed E-state index contributed by atoms with van der Waals surface area (Å²) in [4.78, 5) is 25.6. The molecule has 0 amide bonds. The summed E-state index contributed by atoms with van der Waals surface area (Å²) in [6.07, 6.45) is 3.01. The van der Waals surface area contributed by atoms with Crippen LogP contribution in [-0.4, -0.2) is 14.5 Å². The van der Waals surface area contributed by atoms with Crippen LogP contribution in [0, 0.1) is 10.1 Å². The summed E-state index contributed by atoms with van der Waals surface area (Å²) in [6.45, 7) is 0.153. The maximum atomic E-state index is 11.8. The van der Waals surface area contributed by atoms with Crippen molar-refractivity contribution < 1.29 is 4.92 Å². The molecule has 92 valence electrons. The summed E-state index contributed by atoms with van der Waals surface area (Å²) in [5, 5.41) is 10.6. The van der Waals surface area contributed by atoms with E-state index < -0.39 is 16.2 Å². The molecule has 0 aliphatic heterocycles. The molecular weight excluding hydrogens is 236 g/mol. The number of aromatic nitrogens is 2. The van der Waals surface area contributed by atoms with Crippen LogP contribution >= 0.6 is 0 Å². The predicted molar refractivity (Wildman–Crippen MR) is 65.1 cm³/mol. The maximum absolute atomic E-state index is 11.8. The first-order valence-electron chi connectivity index (χ1n) is 5.13. The van der Waals surface area contributed by atoms with Gasteiger partial charge < -0.3 is 10.3 Å². The minimum absolute atomic E-state index is 0.153. The van der Waals surface area contributed by atoms with Gasteiger partial charge in [0.2, 0.25) is 0 Å². The third-order valence-corrected chi connectivity index (χ3v) is 2.46. The fraction of sp³-hybridized carbons (Fsp3) is 0.0909. The quantitative estimate of drug-likeness (QED) is 0.636. The minimum atomic E-state index is -0.703. The molecule has 0 fully saturated rings. The number of nitrogens with two attached hydrogens (primary N) is 1. The van der Waals surface area contributed by atoms with E-state index in [1.807, 2.05) is 0 Å². The number of nitrogens with zero attached hydrogens (tertiary/aromatic N) is 3. The Balaban J connectivity index is 2.42. The molecule has 0 unspecified atom stereocenters. The van der Waals surface area contributed by atoms with Gasteiger partial charge in [-0.3, -0.25) is 14.9 Å². The van der Waals surface area contributed by atoms with Gasteiger partial charge in [0.25, 0.3) is 0 Å². The molecule has 7 heteroatoms. The first-order chi connectivity index (χ1) is 8.59. The maximum Gasteiger partial charge on any atom is 0.334 e. The van der Waals surface area contributed by atoms with Gasteiger partial charge in [-0.1, -0.05) is 6.07 Å². The molecule has 0 aliphatic rings. The van der Waals surface area contributed by atoms with E-state index in [-0.39, 0.29) is 6.54 Å². The Bertz CT molecular complexity index is 651. The minimum Gasteiger partial charge on any atom is -0.383 e. The third kappa shape index (κ3) is 2.19. The van der Waals surface area contributed by atoms with E-state index in [4.69, 9.17) is 5.73 Å². The largest absolute Gasteiger partial charge is 0.383 e. The zero-order valence-corrected chi connectivity index (χ0v) is 9.31. The lowest BCUT2D eigenvalue weighted by Crippen LogP contribution is -2.22. The van der Waals surface area contributed by atoms with Crippen LogP contribution in [0.3, 0.4) is 0 Å². The van der Waals surface area contributed by atoms with E-state index >= 15 is 0 Å². The van der Waals surface area contributed by atoms with E-state index in [9.17, 15) is 14.9 Å². The Kier molecular flexibility index (Phi) is 3.05. The van der Waals surface area contributed by atoms with Crippen molar-refractivity contribution >= 4 is 11.5 Å². The molecule has 2 aromatic rings. The lowest BCUT2D eigenvalue weighted by atomic mass is 10.2. The summed E-state index contributed by atoms with van der Waals surface area (Å²) >= 11 is 0. The molecule has 0 radical (unpaired) electrons. The highest BCUT2D eigenvalue weighted by molar-refractivity contribution is 5.38. The van der Waals surface area contributed by atoms with E-state index in [1.54, 1.807) is 12.1 Å². The topological polar surface area (TPSA) is 104 Å². The molecule has 2 N–H and O–H groups in total. The summed E-state index contributed by atoms with van der Waals surface area (Å²) in [5.74, 6) is 0.302. The molecular formula is C11H10N4O3. The Hall–Kier alpha value is -2.70. The molecule has 0 saturated carbocycles. The molecule has 0 spiro atoms. The van der Waals surface area contributed by atoms with Gasteiger partial charge in [0.05, 0.1) is 11.5 Å². The van der Waals surface area contributed by atoms with Crippen molar-refractivity contribution in [2.24, 2.45) is 0 Å². The molecule has 18 heavy (non-hydrogen) atoms. The van der Waals surface area contributed by atoms with Crippen molar-refractivity contribution in [1.29, 1.82) is 0 Å². The van der Waals surface area contributed by atoms with Crippen molar-refractivity contribution in [2.45, 2.75) is 6.54 Å². The highest BCUT2D eigenvalue weighted by Gasteiger charge is 2.13. The standard InChI is InChI=1S/C11H10N4O3/c12-10-8(3-1-5-13-10)7-14-6-2-4-9(11(14)16)15(17)18/h1-6H,7H2,(H2,12,13). The number of rotatable bonds is 3. The predicted octanol–water partition coefficient (Wildman–Crippen LogP) is 0.782. The Labute approximate surface area is 102 Å². The average Bonchev–Trinajstić information content (AvgIpc) is 2.34. The van der Waals surface area contributed by atoms with Gasteiger partial charge in [-0.15, -0.1) is 0 Å². The Morgan fingerprint density at radius 3 is 2.83 bits per heavy atom. The van der Waals surface area contributed by atoms with Crippen LogP contribution in [-0.2, 0) is 6.54 Å². The van der Waals surface area contributed by atoms with Crippen molar-refractivity contribution in [1.82, 2.24) is 9.55 Å². The van der Waals surface area contributed by atoms with Gasteiger partial charge in [0, 0.05) is 24.0 Å². The fourth-order valence-corrected chi connectivity index (χ4v) is 1.56. The van der Waals surface area contributed by atoms with E-state index in [0.717, 1.165) is 0 Å². The highest BCUT2D eigenvalue weighted by Crippen LogP contribution is 2.09. The number of hydrogen-bond acceptors (Lipinski definition) is 5. The number of nitrogen functional groups attached to an aromatic ring is 1. The lowest BCUT2D eigenvalue weighted by molar-refractivity contribution is -0.386. The van der Waals surface area contributed by atoms with Crippen molar-refractivity contribution in [2.75, 3.05) is 5.73 Å². The van der Waals surface area contributed by atoms with Crippen molar-refractivity contribution in [3.8, 4) is 0 Å². The summed E-state index contributed by atoms with van der Waals surface area (Å²) in [7, 11) is 0. The summed E-state index contributed by atoms with van der Waals surface area (Å²) in [5.41, 5.74) is 5.18. The van der Waals surface area contributed by atoms with Crippen LogP contribution in [0.15, 0.2) is 41.5 Å². The first-order valence-corrected chi connectivity index (χ1v) is 5.13. The summed E-state index contributed by atoms with van der Waals surface area (Å²) in [6, 6.07) is 6.03. The van der Waals surface area contributed by atoms with Crippen LogP contribution < -0.4 is 11.3 Å². The lowest BCUT2D eigenvalue weighted by Gasteiger charge is -2.06. The first kappa shape index (κ1) is 11.8. The fourth-order valence-electron chi connectivity index (χ4n) is 1.56. The second-order valence-electron chi connectivity index (χ2n) is 3.63. The van der Waals surface area contributed by atoms with E-state index in [1.165, 1.54) is 29.1 Å². The Morgan fingerprint density at radius 2 is 2.17 bits per heavy atom. The third-order valence-electron chi connectivity index (χ3n) is 2.46. The number of hydrogen-bond donors (Lipinski definition) is 1. The van der Waals surface area contributed by atoms with Gasteiger partial charge >= 0.3 is 11.2 Å². The van der Waals surface area contributed by atoms with Crippen molar-refractivity contribution in [3.05, 3.63) is 62.7 Å². The van der Waals surface area contributed by atoms with Crippen LogP contribution in [0.5, 0.6) is 0 Å². The van der Waals surface area contributed by atoms with Gasteiger partial charge in [-0.2, -0.15) is 0 Å². The Morgan fingerprint density at radius 1 is 1.39 bits per heavy atom. The summed E-state index contributed by atoms with van der Waals surface area (Å²) < 4.78 is 1.23. The zero-order valence-electron chi connectivity index (χ0n) is 9.31. The van der Waals surface area contributed by atoms with Gasteiger partial charge in [0.15, 0.2) is 0 Å². The molecule has 0 saturated heterocycles. The smallest absolute Gasteiger partial charge is 0.334 e. The van der Waals surface area contributed by atoms with Crippen LogP contribution in [0.1, 0.15) is 5.56 Å². The normalized spacial score (nSPS) is 10.2. The van der Waals surface area contributed by atoms with Crippen molar-refractivity contribution in [3.63, 3.8) is 0 Å².